The van der Waals surface area contributed by atoms with E-state index in [1.54, 1.807) is 6.20 Å². The second kappa shape index (κ2) is 8.55. The summed E-state index contributed by atoms with van der Waals surface area (Å²) in [4.78, 5) is 23.7. The average Bonchev–Trinajstić information content (AvgIpc) is 3.22. The number of piperidine rings is 1. The second-order valence-electron chi connectivity index (χ2n) is 7.85. The SMILES string of the molecule is Cc1ccc(C(=O)N2CCCC(CCc3noc(-c4ccccn4)n3)C2)c(C)c1. The molecule has 0 aliphatic carbocycles. The molecule has 1 atom stereocenters. The standard InChI is InChI=1S/C23H26N4O2/c1-16-8-10-19(17(2)14-16)23(28)27-13-5-6-18(15-27)9-11-21-25-22(29-26-21)20-7-3-4-12-24-20/h3-4,7-8,10,12,14,18H,5-6,9,11,13,15H2,1-2H3. The monoisotopic (exact) mass is 390 g/mol. The molecule has 3 aromatic rings. The van der Waals surface area contributed by atoms with Crippen molar-refractivity contribution in [3.8, 4) is 11.6 Å². The van der Waals surface area contributed by atoms with Gasteiger partial charge in [0.2, 0.25) is 0 Å². The summed E-state index contributed by atoms with van der Waals surface area (Å²) in [6.45, 7) is 5.68. The van der Waals surface area contributed by atoms with Gasteiger partial charge in [-0.05, 0) is 62.8 Å². The fourth-order valence-corrected chi connectivity index (χ4v) is 3.99. The van der Waals surface area contributed by atoms with Crippen LogP contribution in [0.3, 0.4) is 0 Å². The largest absolute Gasteiger partial charge is 0.338 e. The number of hydrogen-bond acceptors (Lipinski definition) is 5. The number of aryl methyl sites for hydroxylation is 3. The maximum atomic E-state index is 13.0. The third kappa shape index (κ3) is 4.53. The molecule has 2 aromatic heterocycles. The molecular formula is C23H26N4O2. The van der Waals surface area contributed by atoms with Crippen molar-refractivity contribution in [2.75, 3.05) is 13.1 Å². The van der Waals surface area contributed by atoms with Crippen molar-refractivity contribution in [3.05, 3.63) is 65.1 Å². The minimum Gasteiger partial charge on any atom is -0.338 e. The highest BCUT2D eigenvalue weighted by atomic mass is 16.5. The summed E-state index contributed by atoms with van der Waals surface area (Å²) in [5.41, 5.74) is 3.73. The van der Waals surface area contributed by atoms with Gasteiger partial charge in [-0.1, -0.05) is 28.9 Å². The topological polar surface area (TPSA) is 72.1 Å². The summed E-state index contributed by atoms with van der Waals surface area (Å²) in [5, 5.41) is 4.09. The summed E-state index contributed by atoms with van der Waals surface area (Å²) in [6.07, 6.45) is 5.56. The smallest absolute Gasteiger partial charge is 0.276 e. The zero-order valence-electron chi connectivity index (χ0n) is 17.0. The van der Waals surface area contributed by atoms with Crippen LogP contribution < -0.4 is 0 Å². The van der Waals surface area contributed by atoms with Crippen molar-refractivity contribution in [1.29, 1.82) is 0 Å². The van der Waals surface area contributed by atoms with Crippen LogP contribution in [0.15, 0.2) is 47.1 Å². The molecule has 1 unspecified atom stereocenters. The summed E-state index contributed by atoms with van der Waals surface area (Å²) in [6, 6.07) is 11.6. The molecule has 0 saturated carbocycles. The molecule has 4 rings (SSSR count). The Labute approximate surface area is 171 Å². The fourth-order valence-electron chi connectivity index (χ4n) is 3.99. The first-order chi connectivity index (χ1) is 14.1. The maximum absolute atomic E-state index is 13.0. The van der Waals surface area contributed by atoms with E-state index in [2.05, 4.69) is 28.1 Å². The van der Waals surface area contributed by atoms with E-state index in [1.165, 1.54) is 5.56 Å². The Morgan fingerprint density at radius 3 is 2.93 bits per heavy atom. The van der Waals surface area contributed by atoms with Gasteiger partial charge in [0.15, 0.2) is 5.82 Å². The number of aromatic nitrogens is 3. The molecule has 1 aliphatic rings. The highest BCUT2D eigenvalue weighted by Crippen LogP contribution is 2.24. The predicted octanol–water partition coefficient (Wildman–Crippen LogP) is 4.23. The summed E-state index contributed by atoms with van der Waals surface area (Å²) in [5.74, 6) is 1.75. The fraction of sp³-hybridized carbons (Fsp3) is 0.391. The molecular weight excluding hydrogens is 364 g/mol. The number of amides is 1. The van der Waals surface area contributed by atoms with Crippen LogP contribution in [0.2, 0.25) is 0 Å². The zero-order valence-corrected chi connectivity index (χ0v) is 17.0. The van der Waals surface area contributed by atoms with Gasteiger partial charge in [-0.2, -0.15) is 4.98 Å². The van der Waals surface area contributed by atoms with Gasteiger partial charge in [-0.15, -0.1) is 0 Å². The van der Waals surface area contributed by atoms with Crippen molar-refractivity contribution in [2.45, 2.75) is 39.5 Å². The minimum absolute atomic E-state index is 0.143. The number of carbonyl (C=O) groups is 1. The highest BCUT2D eigenvalue weighted by Gasteiger charge is 2.25. The van der Waals surface area contributed by atoms with Crippen LogP contribution in [0.5, 0.6) is 0 Å². The van der Waals surface area contributed by atoms with Gasteiger partial charge < -0.3 is 9.42 Å². The quantitative estimate of drug-likeness (QED) is 0.652. The van der Waals surface area contributed by atoms with Crippen molar-refractivity contribution < 1.29 is 9.32 Å². The number of hydrogen-bond donors (Lipinski definition) is 0. The molecule has 0 spiro atoms. The third-order valence-electron chi connectivity index (χ3n) is 5.55. The number of benzene rings is 1. The van der Waals surface area contributed by atoms with Crippen LogP contribution in [-0.2, 0) is 6.42 Å². The Morgan fingerprint density at radius 1 is 1.24 bits per heavy atom. The molecule has 6 heteroatoms. The number of rotatable bonds is 5. The van der Waals surface area contributed by atoms with Crippen LogP contribution in [0.1, 0.15) is 46.6 Å². The number of carbonyl (C=O) groups excluding carboxylic acids is 1. The second-order valence-corrected chi connectivity index (χ2v) is 7.85. The van der Waals surface area contributed by atoms with E-state index < -0.39 is 0 Å². The van der Waals surface area contributed by atoms with E-state index in [-0.39, 0.29) is 5.91 Å². The van der Waals surface area contributed by atoms with Gasteiger partial charge in [0, 0.05) is 31.3 Å². The molecule has 150 valence electrons. The molecule has 0 radical (unpaired) electrons. The van der Waals surface area contributed by atoms with Crippen LogP contribution in [0, 0.1) is 19.8 Å². The summed E-state index contributed by atoms with van der Waals surface area (Å²) < 4.78 is 5.34. The molecule has 1 aromatic carbocycles. The Bertz CT molecular complexity index is 984. The minimum atomic E-state index is 0.143. The number of likely N-dealkylation sites (tertiary alicyclic amines) is 1. The highest BCUT2D eigenvalue weighted by molar-refractivity contribution is 5.95. The van der Waals surface area contributed by atoms with Crippen molar-refractivity contribution in [3.63, 3.8) is 0 Å². The van der Waals surface area contributed by atoms with Gasteiger partial charge in [-0.3, -0.25) is 9.78 Å². The lowest BCUT2D eigenvalue weighted by atomic mass is 9.92. The summed E-state index contributed by atoms with van der Waals surface area (Å²) >= 11 is 0. The van der Waals surface area contributed by atoms with E-state index in [0.29, 0.717) is 23.3 Å². The first-order valence-corrected chi connectivity index (χ1v) is 10.2. The Hall–Kier alpha value is -3.02. The molecule has 1 saturated heterocycles. The van der Waals surface area contributed by atoms with E-state index in [1.807, 2.05) is 42.2 Å². The molecule has 0 N–H and O–H groups in total. The zero-order chi connectivity index (χ0) is 20.2. The van der Waals surface area contributed by atoms with Gasteiger partial charge in [0.25, 0.3) is 11.8 Å². The Morgan fingerprint density at radius 2 is 2.14 bits per heavy atom. The Balaban J connectivity index is 1.36. The lowest BCUT2D eigenvalue weighted by Gasteiger charge is -2.33. The van der Waals surface area contributed by atoms with E-state index >= 15 is 0 Å². The van der Waals surface area contributed by atoms with E-state index in [0.717, 1.165) is 49.9 Å². The van der Waals surface area contributed by atoms with Crippen LogP contribution >= 0.6 is 0 Å². The molecule has 6 nitrogen and oxygen atoms in total. The first kappa shape index (κ1) is 19.3. The normalized spacial score (nSPS) is 16.8. The van der Waals surface area contributed by atoms with Gasteiger partial charge in [-0.25, -0.2) is 0 Å². The van der Waals surface area contributed by atoms with E-state index in [4.69, 9.17) is 4.52 Å². The van der Waals surface area contributed by atoms with Crippen molar-refractivity contribution >= 4 is 5.91 Å². The van der Waals surface area contributed by atoms with Crippen molar-refractivity contribution in [1.82, 2.24) is 20.0 Å². The lowest BCUT2D eigenvalue weighted by molar-refractivity contribution is 0.0667. The number of nitrogens with zero attached hydrogens (tertiary/aromatic N) is 4. The average molecular weight is 390 g/mol. The first-order valence-electron chi connectivity index (χ1n) is 10.2. The molecule has 1 fully saturated rings. The van der Waals surface area contributed by atoms with Crippen molar-refractivity contribution in [2.24, 2.45) is 5.92 Å². The number of pyridine rings is 1. The predicted molar refractivity (Wildman–Crippen MR) is 110 cm³/mol. The van der Waals surface area contributed by atoms with Crippen LogP contribution in [0.4, 0.5) is 0 Å². The molecule has 0 bridgehead atoms. The van der Waals surface area contributed by atoms with Gasteiger partial charge >= 0.3 is 0 Å². The maximum Gasteiger partial charge on any atom is 0.276 e. The molecule has 3 heterocycles. The van der Waals surface area contributed by atoms with Crippen LogP contribution in [-0.4, -0.2) is 39.0 Å². The summed E-state index contributed by atoms with van der Waals surface area (Å²) in [7, 11) is 0. The van der Waals surface area contributed by atoms with Crippen LogP contribution in [0.25, 0.3) is 11.6 Å². The lowest BCUT2D eigenvalue weighted by Crippen LogP contribution is -2.40. The Kier molecular flexibility index (Phi) is 5.69. The van der Waals surface area contributed by atoms with Gasteiger partial charge in [0.05, 0.1) is 0 Å². The third-order valence-corrected chi connectivity index (χ3v) is 5.55. The van der Waals surface area contributed by atoms with E-state index in [9.17, 15) is 4.79 Å². The molecule has 29 heavy (non-hydrogen) atoms. The van der Waals surface area contributed by atoms with Gasteiger partial charge in [0.1, 0.15) is 5.69 Å². The molecule has 1 aliphatic heterocycles. The molecule has 1 amide bonds.